The van der Waals surface area contributed by atoms with Crippen LogP contribution in [0.25, 0.3) is 0 Å². The topological polar surface area (TPSA) is 80.0 Å². The Balaban J connectivity index is 2.43. The summed E-state index contributed by atoms with van der Waals surface area (Å²) in [6.07, 6.45) is -4.60. The van der Waals surface area contributed by atoms with Crippen LogP contribution in [-0.4, -0.2) is 39.2 Å². The lowest BCUT2D eigenvalue weighted by molar-refractivity contribution is -0.146. The van der Waals surface area contributed by atoms with Crippen LogP contribution in [0.2, 0.25) is 0 Å². The number of hydrogen-bond acceptors (Lipinski definition) is 4. The van der Waals surface area contributed by atoms with E-state index in [2.05, 4.69) is 15.6 Å². The second-order valence-corrected chi connectivity index (χ2v) is 4.15. The van der Waals surface area contributed by atoms with Crippen molar-refractivity contribution in [2.45, 2.75) is 12.1 Å². The van der Waals surface area contributed by atoms with E-state index in [9.17, 15) is 18.0 Å². The minimum Gasteiger partial charge on any atom is -0.481 e. The Bertz CT molecular complexity index is 471. The van der Waals surface area contributed by atoms with Gasteiger partial charge >= 0.3 is 12.1 Å². The molecule has 2 N–H and O–H groups in total. The zero-order valence-corrected chi connectivity index (χ0v) is 9.40. The van der Waals surface area contributed by atoms with Gasteiger partial charge in [-0.3, -0.25) is 4.79 Å². The number of nitrogens with one attached hydrogen (secondary N) is 1. The maximum atomic E-state index is 12.9. The molecule has 0 amide bonds. The quantitative estimate of drug-likeness (QED) is 0.798. The van der Waals surface area contributed by atoms with Crippen molar-refractivity contribution in [2.75, 3.05) is 13.1 Å². The van der Waals surface area contributed by atoms with Crippen LogP contribution in [0.4, 0.5) is 13.2 Å². The predicted molar refractivity (Wildman–Crippen MR) is 52.7 cm³/mol. The fraction of sp³-hybridized carbons (Fsp3) is 0.667. The van der Waals surface area contributed by atoms with Crippen LogP contribution in [-0.2, 0) is 18.0 Å². The Hall–Kier alpha value is -1.64. The van der Waals surface area contributed by atoms with Crippen molar-refractivity contribution in [3.63, 3.8) is 0 Å². The van der Waals surface area contributed by atoms with Gasteiger partial charge in [0.25, 0.3) is 0 Å². The first kappa shape index (κ1) is 12.8. The number of halogens is 3. The normalized spacial score (nSPS) is 24.4. The van der Waals surface area contributed by atoms with Crippen molar-refractivity contribution in [3.8, 4) is 0 Å². The molecule has 1 aromatic rings. The number of rotatable bonds is 2. The highest BCUT2D eigenvalue weighted by atomic mass is 19.4. The van der Waals surface area contributed by atoms with Gasteiger partial charge in [-0.2, -0.15) is 13.2 Å². The van der Waals surface area contributed by atoms with E-state index in [0.29, 0.717) is 4.68 Å². The summed E-state index contributed by atoms with van der Waals surface area (Å²) in [5, 5.41) is 18.6. The predicted octanol–water partition coefficient (Wildman–Crippen LogP) is 0.222. The van der Waals surface area contributed by atoms with E-state index in [4.69, 9.17) is 5.11 Å². The van der Waals surface area contributed by atoms with Crippen LogP contribution < -0.4 is 5.32 Å². The highest BCUT2D eigenvalue weighted by Gasteiger charge is 2.45. The molecule has 1 aliphatic rings. The Morgan fingerprint density at radius 1 is 1.50 bits per heavy atom. The van der Waals surface area contributed by atoms with Crippen molar-refractivity contribution in [1.29, 1.82) is 0 Å². The molecule has 6 nitrogen and oxygen atoms in total. The van der Waals surface area contributed by atoms with Gasteiger partial charge in [0.15, 0.2) is 5.69 Å². The molecule has 0 radical (unpaired) electrons. The zero-order chi connectivity index (χ0) is 13.5. The Morgan fingerprint density at radius 2 is 2.17 bits per heavy atom. The molecule has 2 rings (SSSR count). The van der Waals surface area contributed by atoms with Crippen molar-refractivity contribution in [2.24, 2.45) is 13.0 Å². The molecular formula is C9H11F3N4O2. The molecule has 1 aromatic heterocycles. The zero-order valence-electron chi connectivity index (χ0n) is 9.40. The standard InChI is InChI=1S/C9H11F3N4O2/c1-16-7(9(10,11)12)6(14-15-16)4-2-13-3-5(4)8(17)18/h4-5,13H,2-3H2,1H3,(H,17,18). The summed E-state index contributed by atoms with van der Waals surface area (Å²) in [5.74, 6) is -2.86. The summed E-state index contributed by atoms with van der Waals surface area (Å²) in [6.45, 7) is 0.284. The summed E-state index contributed by atoms with van der Waals surface area (Å²) in [7, 11) is 1.14. The van der Waals surface area contributed by atoms with E-state index in [0.717, 1.165) is 7.05 Å². The van der Waals surface area contributed by atoms with Crippen molar-refractivity contribution in [1.82, 2.24) is 20.3 Å². The first-order valence-corrected chi connectivity index (χ1v) is 5.22. The van der Waals surface area contributed by atoms with Gasteiger partial charge in [0.2, 0.25) is 0 Å². The summed E-state index contributed by atoms with van der Waals surface area (Å²) in [5.41, 5.74) is -1.29. The van der Waals surface area contributed by atoms with Gasteiger partial charge in [-0.1, -0.05) is 5.21 Å². The highest BCUT2D eigenvalue weighted by Crippen LogP contribution is 2.37. The number of carbonyl (C=O) groups is 1. The lowest BCUT2D eigenvalue weighted by atomic mass is 9.91. The maximum absolute atomic E-state index is 12.9. The van der Waals surface area contributed by atoms with Gasteiger partial charge < -0.3 is 10.4 Å². The van der Waals surface area contributed by atoms with Gasteiger partial charge in [0, 0.05) is 26.1 Å². The summed E-state index contributed by atoms with van der Waals surface area (Å²) in [4.78, 5) is 11.0. The van der Waals surface area contributed by atoms with Crippen molar-refractivity contribution >= 4 is 5.97 Å². The lowest BCUT2D eigenvalue weighted by Crippen LogP contribution is -2.24. The largest absolute Gasteiger partial charge is 0.481 e. The number of hydrogen-bond donors (Lipinski definition) is 2. The maximum Gasteiger partial charge on any atom is 0.434 e. The molecule has 0 bridgehead atoms. The summed E-state index contributed by atoms with van der Waals surface area (Å²) >= 11 is 0. The van der Waals surface area contributed by atoms with Crippen LogP contribution in [0.3, 0.4) is 0 Å². The van der Waals surface area contributed by atoms with Gasteiger partial charge in [0.05, 0.1) is 5.92 Å². The van der Waals surface area contributed by atoms with E-state index in [-0.39, 0.29) is 18.8 Å². The van der Waals surface area contributed by atoms with Crippen molar-refractivity contribution in [3.05, 3.63) is 11.4 Å². The number of carboxylic acid groups (broad SMARTS) is 1. The third kappa shape index (κ3) is 2.05. The van der Waals surface area contributed by atoms with E-state index in [1.807, 2.05) is 0 Å². The third-order valence-electron chi connectivity index (χ3n) is 3.00. The fourth-order valence-corrected chi connectivity index (χ4v) is 2.18. The Kier molecular flexibility index (Phi) is 3.01. The fourth-order valence-electron chi connectivity index (χ4n) is 2.18. The number of aryl methyl sites for hydroxylation is 1. The number of carboxylic acids is 1. The van der Waals surface area contributed by atoms with Crippen LogP contribution in [0.5, 0.6) is 0 Å². The first-order valence-electron chi connectivity index (χ1n) is 5.22. The molecule has 2 heterocycles. The number of aliphatic carboxylic acids is 1. The molecule has 1 aliphatic heterocycles. The summed E-state index contributed by atoms with van der Waals surface area (Å²) < 4.78 is 39.2. The van der Waals surface area contributed by atoms with Crippen molar-refractivity contribution < 1.29 is 23.1 Å². The van der Waals surface area contributed by atoms with E-state index in [1.165, 1.54) is 0 Å². The smallest absolute Gasteiger partial charge is 0.434 e. The molecule has 0 saturated carbocycles. The van der Waals surface area contributed by atoms with Gasteiger partial charge in [-0.25, -0.2) is 4.68 Å². The SMILES string of the molecule is Cn1nnc(C2CNCC2C(=O)O)c1C(F)(F)F. The molecule has 9 heteroatoms. The number of alkyl halides is 3. The third-order valence-corrected chi connectivity index (χ3v) is 3.00. The second-order valence-electron chi connectivity index (χ2n) is 4.15. The Morgan fingerprint density at radius 3 is 2.72 bits per heavy atom. The summed E-state index contributed by atoms with van der Waals surface area (Å²) in [6, 6.07) is 0. The van der Waals surface area contributed by atoms with Gasteiger partial charge in [-0.15, -0.1) is 5.10 Å². The molecule has 0 aromatic carbocycles. The van der Waals surface area contributed by atoms with E-state index >= 15 is 0 Å². The van der Waals surface area contributed by atoms with Crippen LogP contribution in [0.15, 0.2) is 0 Å². The highest BCUT2D eigenvalue weighted by molar-refractivity contribution is 5.72. The minimum atomic E-state index is -4.60. The van der Waals surface area contributed by atoms with Crippen LogP contribution in [0, 0.1) is 5.92 Å². The molecule has 18 heavy (non-hydrogen) atoms. The lowest BCUT2D eigenvalue weighted by Gasteiger charge is -2.15. The molecule has 100 valence electrons. The van der Waals surface area contributed by atoms with Gasteiger partial charge in [-0.05, 0) is 0 Å². The Labute approximate surface area is 99.8 Å². The second kappa shape index (κ2) is 4.23. The average Bonchev–Trinajstić information content (AvgIpc) is 2.80. The molecule has 0 aliphatic carbocycles. The molecule has 2 unspecified atom stereocenters. The van der Waals surface area contributed by atoms with E-state index in [1.54, 1.807) is 0 Å². The molecular weight excluding hydrogens is 253 g/mol. The van der Waals surface area contributed by atoms with Crippen LogP contribution >= 0.6 is 0 Å². The number of nitrogens with zero attached hydrogens (tertiary/aromatic N) is 3. The first-order chi connectivity index (χ1) is 8.32. The molecule has 2 atom stereocenters. The molecule has 1 fully saturated rings. The van der Waals surface area contributed by atoms with Gasteiger partial charge in [0.1, 0.15) is 5.69 Å². The minimum absolute atomic E-state index is 0.133. The van der Waals surface area contributed by atoms with Crippen LogP contribution in [0.1, 0.15) is 17.3 Å². The van der Waals surface area contributed by atoms with E-state index < -0.39 is 29.7 Å². The average molecular weight is 264 g/mol. The monoisotopic (exact) mass is 264 g/mol. The number of aromatic nitrogens is 3. The molecule has 0 spiro atoms. The molecule has 1 saturated heterocycles.